The van der Waals surface area contributed by atoms with Crippen molar-refractivity contribution in [2.75, 3.05) is 26.2 Å². The van der Waals surface area contributed by atoms with Crippen LogP contribution in [0.25, 0.3) is 0 Å². The highest BCUT2D eigenvalue weighted by molar-refractivity contribution is 5.92. The summed E-state index contributed by atoms with van der Waals surface area (Å²) in [5, 5.41) is 0. The van der Waals surface area contributed by atoms with Gasteiger partial charge in [0.15, 0.2) is 6.10 Å². The lowest BCUT2D eigenvalue weighted by Gasteiger charge is -2.46. The van der Waals surface area contributed by atoms with Gasteiger partial charge >= 0.3 is 0 Å². The topological polar surface area (TPSA) is 72.6 Å². The average molecular weight is 399 g/mol. The van der Waals surface area contributed by atoms with Gasteiger partial charge in [-0.15, -0.1) is 0 Å². The third-order valence-corrected chi connectivity index (χ3v) is 6.23. The average Bonchev–Trinajstić information content (AvgIpc) is 3.38. The molecule has 2 aromatic heterocycles. The van der Waals surface area contributed by atoms with Gasteiger partial charge in [0, 0.05) is 64.7 Å². The summed E-state index contributed by atoms with van der Waals surface area (Å²) in [6.07, 6.45) is 6.30. The van der Waals surface area contributed by atoms with Crippen LogP contribution in [0.5, 0.6) is 0 Å². The van der Waals surface area contributed by atoms with Crippen molar-refractivity contribution in [2.45, 2.75) is 44.9 Å². The highest BCUT2D eigenvalue weighted by Crippen LogP contribution is 2.40. The van der Waals surface area contributed by atoms with E-state index in [9.17, 15) is 9.59 Å². The van der Waals surface area contributed by atoms with E-state index < -0.39 is 11.7 Å². The Morgan fingerprint density at radius 2 is 1.97 bits per heavy atom. The quantitative estimate of drug-likeness (QED) is 0.783. The molecule has 1 fully saturated rings. The molecule has 2 aliphatic rings. The highest BCUT2D eigenvalue weighted by atomic mass is 16.5. The smallest absolute Gasteiger partial charge is 0.270 e. The van der Waals surface area contributed by atoms with Crippen molar-refractivity contribution in [1.82, 2.24) is 23.9 Å². The zero-order valence-electron chi connectivity index (χ0n) is 17.4. The molecular formula is C21H29N5O3. The van der Waals surface area contributed by atoms with Crippen molar-refractivity contribution < 1.29 is 14.3 Å². The number of carbonyl (C=O) groups is 2. The van der Waals surface area contributed by atoms with Gasteiger partial charge in [-0.3, -0.25) is 9.59 Å². The van der Waals surface area contributed by atoms with E-state index in [1.54, 1.807) is 6.20 Å². The molecule has 0 aliphatic carbocycles. The van der Waals surface area contributed by atoms with Crippen LogP contribution in [-0.4, -0.2) is 68.0 Å². The summed E-state index contributed by atoms with van der Waals surface area (Å²) in [7, 11) is 1.88. The van der Waals surface area contributed by atoms with Gasteiger partial charge in [0.2, 0.25) is 0 Å². The molecule has 1 unspecified atom stereocenters. The van der Waals surface area contributed by atoms with E-state index in [4.69, 9.17) is 4.74 Å². The zero-order valence-corrected chi connectivity index (χ0v) is 17.4. The lowest BCUT2D eigenvalue weighted by Crippen LogP contribution is -2.55. The highest BCUT2D eigenvalue weighted by Gasteiger charge is 2.48. The first-order valence-electron chi connectivity index (χ1n) is 10.4. The SMILES string of the molecule is CCN(CC)C(=O)C1Cn2ccnc2C2(CCN(C(=O)c3cccn3C)CC2)O1. The number of aryl methyl sites for hydroxylation is 1. The Morgan fingerprint density at radius 1 is 1.24 bits per heavy atom. The number of aromatic nitrogens is 3. The molecule has 4 rings (SSSR count). The maximum Gasteiger partial charge on any atom is 0.270 e. The van der Waals surface area contributed by atoms with Crippen LogP contribution in [0.2, 0.25) is 0 Å². The number of ether oxygens (including phenoxy) is 1. The first kappa shape index (κ1) is 19.7. The largest absolute Gasteiger partial charge is 0.352 e. The fourth-order valence-electron chi connectivity index (χ4n) is 4.52. The number of hydrogen-bond acceptors (Lipinski definition) is 4. The first-order valence-corrected chi connectivity index (χ1v) is 10.4. The van der Waals surface area contributed by atoms with Crippen LogP contribution in [0.4, 0.5) is 0 Å². The molecule has 1 saturated heterocycles. The van der Waals surface area contributed by atoms with Crippen LogP contribution in [-0.2, 0) is 28.7 Å². The summed E-state index contributed by atoms with van der Waals surface area (Å²) in [4.78, 5) is 34.1. The lowest BCUT2D eigenvalue weighted by molar-refractivity contribution is -0.179. The van der Waals surface area contributed by atoms with Crippen LogP contribution in [0.3, 0.4) is 0 Å². The van der Waals surface area contributed by atoms with E-state index in [1.807, 2.05) is 64.4 Å². The third-order valence-electron chi connectivity index (χ3n) is 6.23. The molecule has 0 N–H and O–H groups in total. The van der Waals surface area contributed by atoms with Gasteiger partial charge in [0.1, 0.15) is 17.1 Å². The Hall–Kier alpha value is -2.61. The van der Waals surface area contributed by atoms with E-state index in [2.05, 4.69) is 4.98 Å². The molecule has 0 saturated carbocycles. The standard InChI is InChI=1S/C21H29N5O3/c1-4-24(5-2)19(28)17-15-26-14-10-22-20(26)21(29-17)8-12-25(13-9-21)18(27)16-7-6-11-23(16)3/h6-7,10-11,14,17H,4-5,8-9,12-13,15H2,1-3H3. The zero-order chi connectivity index (χ0) is 20.6. The number of likely N-dealkylation sites (tertiary alicyclic amines) is 1. The van der Waals surface area contributed by atoms with E-state index in [0.717, 1.165) is 5.82 Å². The Labute approximate surface area is 171 Å². The summed E-state index contributed by atoms with van der Waals surface area (Å²) in [5.74, 6) is 0.922. The molecule has 1 atom stereocenters. The number of piperidine rings is 1. The van der Waals surface area contributed by atoms with Gasteiger partial charge in [-0.2, -0.15) is 0 Å². The minimum Gasteiger partial charge on any atom is -0.352 e. The van der Waals surface area contributed by atoms with Crippen LogP contribution in [0.15, 0.2) is 30.7 Å². The Balaban J connectivity index is 1.54. The van der Waals surface area contributed by atoms with Crippen molar-refractivity contribution in [3.8, 4) is 0 Å². The molecule has 4 heterocycles. The predicted octanol–water partition coefficient (Wildman–Crippen LogP) is 1.62. The number of carbonyl (C=O) groups excluding carboxylic acids is 2. The minimum atomic E-state index is -0.625. The summed E-state index contributed by atoms with van der Waals surface area (Å²) in [6.45, 7) is 6.92. The van der Waals surface area contributed by atoms with E-state index >= 15 is 0 Å². The number of rotatable bonds is 4. The Kier molecular flexibility index (Phi) is 5.21. The number of amides is 2. The second-order valence-electron chi connectivity index (χ2n) is 7.81. The van der Waals surface area contributed by atoms with Gasteiger partial charge in [-0.25, -0.2) is 4.98 Å². The molecular weight excluding hydrogens is 370 g/mol. The van der Waals surface area contributed by atoms with Crippen LogP contribution >= 0.6 is 0 Å². The number of imidazole rings is 1. The van der Waals surface area contributed by atoms with E-state index in [0.29, 0.717) is 51.3 Å². The van der Waals surface area contributed by atoms with Crippen LogP contribution in [0.1, 0.15) is 43.0 Å². The Morgan fingerprint density at radius 3 is 2.59 bits per heavy atom. The number of hydrogen-bond donors (Lipinski definition) is 0. The fraction of sp³-hybridized carbons (Fsp3) is 0.571. The van der Waals surface area contributed by atoms with Gasteiger partial charge in [-0.1, -0.05) is 0 Å². The monoisotopic (exact) mass is 399 g/mol. The molecule has 0 aromatic carbocycles. The molecule has 2 amide bonds. The second kappa shape index (κ2) is 7.67. The van der Waals surface area contributed by atoms with Crippen molar-refractivity contribution in [3.05, 3.63) is 42.2 Å². The molecule has 0 bridgehead atoms. The lowest BCUT2D eigenvalue weighted by atomic mass is 9.88. The summed E-state index contributed by atoms with van der Waals surface area (Å²) in [6, 6.07) is 3.72. The molecule has 2 aromatic rings. The van der Waals surface area contributed by atoms with Gasteiger partial charge in [-0.05, 0) is 26.0 Å². The van der Waals surface area contributed by atoms with Gasteiger partial charge < -0.3 is 23.7 Å². The molecule has 8 heteroatoms. The minimum absolute atomic E-state index is 0.0241. The number of likely N-dealkylation sites (N-methyl/N-ethyl adjacent to an activating group) is 1. The molecule has 8 nitrogen and oxygen atoms in total. The normalized spacial score (nSPS) is 20.5. The summed E-state index contributed by atoms with van der Waals surface area (Å²) >= 11 is 0. The number of fused-ring (bicyclic) bond motifs is 2. The van der Waals surface area contributed by atoms with E-state index in [1.165, 1.54) is 0 Å². The first-order chi connectivity index (χ1) is 14.0. The maximum absolute atomic E-state index is 13.0. The Bertz CT molecular complexity index is 890. The molecule has 1 spiro atoms. The fourth-order valence-corrected chi connectivity index (χ4v) is 4.52. The van der Waals surface area contributed by atoms with Crippen molar-refractivity contribution in [2.24, 2.45) is 7.05 Å². The molecule has 0 radical (unpaired) electrons. The molecule has 29 heavy (non-hydrogen) atoms. The second-order valence-corrected chi connectivity index (χ2v) is 7.81. The van der Waals surface area contributed by atoms with Crippen molar-refractivity contribution in [1.29, 1.82) is 0 Å². The van der Waals surface area contributed by atoms with Crippen molar-refractivity contribution in [3.63, 3.8) is 0 Å². The van der Waals surface area contributed by atoms with Gasteiger partial charge in [0.05, 0.1) is 6.54 Å². The summed E-state index contributed by atoms with van der Waals surface area (Å²) in [5.41, 5.74) is 0.0573. The van der Waals surface area contributed by atoms with Crippen molar-refractivity contribution >= 4 is 11.8 Å². The maximum atomic E-state index is 13.0. The van der Waals surface area contributed by atoms with Crippen LogP contribution < -0.4 is 0 Å². The third kappa shape index (κ3) is 3.35. The van der Waals surface area contributed by atoms with E-state index in [-0.39, 0.29) is 11.8 Å². The molecule has 156 valence electrons. The van der Waals surface area contributed by atoms with Crippen LogP contribution in [0, 0.1) is 0 Å². The summed E-state index contributed by atoms with van der Waals surface area (Å²) < 4.78 is 10.4. The molecule has 2 aliphatic heterocycles. The number of nitrogens with zero attached hydrogens (tertiary/aromatic N) is 5. The predicted molar refractivity (Wildman–Crippen MR) is 107 cm³/mol. The van der Waals surface area contributed by atoms with Gasteiger partial charge in [0.25, 0.3) is 11.8 Å².